The van der Waals surface area contributed by atoms with Crippen molar-refractivity contribution in [2.45, 2.75) is 0 Å². The second-order valence-corrected chi connectivity index (χ2v) is 5.61. The average molecular weight is 300 g/mol. The highest BCUT2D eigenvalue weighted by Crippen LogP contribution is 2.38. The van der Waals surface area contributed by atoms with E-state index in [1.54, 1.807) is 30.3 Å². The van der Waals surface area contributed by atoms with E-state index in [1.165, 1.54) is 35.6 Å². The highest BCUT2D eigenvalue weighted by atomic mass is 32.1. The molecule has 0 N–H and O–H groups in total. The minimum Gasteiger partial charge on any atom is -0.297 e. The fourth-order valence-electron chi connectivity index (χ4n) is 2.13. The first kappa shape index (κ1) is 13.6. The van der Waals surface area contributed by atoms with Gasteiger partial charge in [0.25, 0.3) is 0 Å². The third-order valence-corrected chi connectivity index (χ3v) is 4.24. The van der Waals surface area contributed by atoms with Gasteiger partial charge in [-0.2, -0.15) is 0 Å². The molecule has 0 fully saturated rings. The van der Waals surface area contributed by atoms with E-state index in [0.29, 0.717) is 4.88 Å². The van der Waals surface area contributed by atoms with E-state index in [0.717, 1.165) is 27.9 Å². The Balaban J connectivity index is 2.15. The van der Waals surface area contributed by atoms with E-state index in [9.17, 15) is 13.6 Å². The van der Waals surface area contributed by atoms with Crippen LogP contribution in [0.4, 0.5) is 8.78 Å². The van der Waals surface area contributed by atoms with Crippen LogP contribution in [0.1, 0.15) is 9.67 Å². The monoisotopic (exact) mass is 300 g/mol. The lowest BCUT2D eigenvalue weighted by atomic mass is 10.0. The Bertz CT molecular complexity index is 711. The zero-order valence-corrected chi connectivity index (χ0v) is 11.7. The molecule has 4 heteroatoms. The molecule has 0 aliphatic carbocycles. The average Bonchev–Trinajstić information content (AvgIpc) is 2.93. The number of hydrogen-bond acceptors (Lipinski definition) is 2. The van der Waals surface area contributed by atoms with Crippen molar-refractivity contribution in [1.29, 1.82) is 0 Å². The fraction of sp³-hybridized carbons (Fsp3) is 0. The predicted molar refractivity (Wildman–Crippen MR) is 80.5 cm³/mol. The number of carbonyl (C=O) groups is 1. The lowest BCUT2D eigenvalue weighted by Gasteiger charge is -2.04. The molecule has 104 valence electrons. The molecule has 2 aromatic carbocycles. The van der Waals surface area contributed by atoms with Crippen LogP contribution in [0, 0.1) is 11.6 Å². The SMILES string of the molecule is O=Cc1cc(-c2ccc(F)cc2)c(-c2ccc(F)cc2)s1. The summed E-state index contributed by atoms with van der Waals surface area (Å²) < 4.78 is 26.1. The Morgan fingerprint density at radius 2 is 1.33 bits per heavy atom. The Hall–Kier alpha value is -2.33. The van der Waals surface area contributed by atoms with Gasteiger partial charge < -0.3 is 0 Å². The summed E-state index contributed by atoms with van der Waals surface area (Å²) in [4.78, 5) is 12.5. The Labute approximate surface area is 124 Å². The van der Waals surface area contributed by atoms with Crippen LogP contribution in [-0.4, -0.2) is 6.29 Å². The number of benzene rings is 2. The topological polar surface area (TPSA) is 17.1 Å². The summed E-state index contributed by atoms with van der Waals surface area (Å²) in [7, 11) is 0. The number of carbonyl (C=O) groups excluding carboxylic acids is 1. The molecule has 3 aromatic rings. The third-order valence-electron chi connectivity index (χ3n) is 3.13. The second-order valence-electron chi connectivity index (χ2n) is 4.52. The molecule has 0 saturated carbocycles. The van der Waals surface area contributed by atoms with Gasteiger partial charge in [-0.25, -0.2) is 8.78 Å². The largest absolute Gasteiger partial charge is 0.297 e. The quantitative estimate of drug-likeness (QED) is 0.610. The van der Waals surface area contributed by atoms with E-state index in [4.69, 9.17) is 0 Å². The molecule has 0 saturated heterocycles. The Morgan fingerprint density at radius 3 is 1.86 bits per heavy atom. The summed E-state index contributed by atoms with van der Waals surface area (Å²) in [5, 5.41) is 0. The number of hydrogen-bond donors (Lipinski definition) is 0. The maximum Gasteiger partial charge on any atom is 0.160 e. The van der Waals surface area contributed by atoms with Gasteiger partial charge in [-0.3, -0.25) is 4.79 Å². The molecule has 1 aromatic heterocycles. The molecule has 21 heavy (non-hydrogen) atoms. The molecule has 0 aliphatic rings. The van der Waals surface area contributed by atoms with Crippen LogP contribution in [0.5, 0.6) is 0 Å². The highest BCUT2D eigenvalue weighted by molar-refractivity contribution is 7.17. The molecule has 0 unspecified atom stereocenters. The highest BCUT2D eigenvalue weighted by Gasteiger charge is 2.13. The summed E-state index contributed by atoms with van der Waals surface area (Å²) in [5.41, 5.74) is 2.49. The van der Waals surface area contributed by atoms with Crippen molar-refractivity contribution in [1.82, 2.24) is 0 Å². The van der Waals surface area contributed by atoms with E-state index < -0.39 is 0 Å². The van der Waals surface area contributed by atoms with E-state index in [-0.39, 0.29) is 11.6 Å². The van der Waals surface area contributed by atoms with Gasteiger partial charge in [0, 0.05) is 10.4 Å². The standard InChI is InChI=1S/C17H10F2OS/c18-13-5-1-11(2-6-13)16-9-15(10-20)21-17(16)12-3-7-14(19)8-4-12/h1-10H. The lowest BCUT2D eigenvalue weighted by molar-refractivity contribution is 0.112. The minimum absolute atomic E-state index is 0.311. The van der Waals surface area contributed by atoms with Crippen molar-refractivity contribution in [3.63, 3.8) is 0 Å². The first-order chi connectivity index (χ1) is 10.2. The molecular formula is C17H10F2OS. The Kier molecular flexibility index (Phi) is 3.62. The maximum absolute atomic E-state index is 13.0. The maximum atomic E-state index is 13.0. The van der Waals surface area contributed by atoms with Gasteiger partial charge in [-0.05, 0) is 41.5 Å². The summed E-state index contributed by atoms with van der Waals surface area (Å²) in [6, 6.07) is 13.9. The van der Waals surface area contributed by atoms with Crippen molar-refractivity contribution >= 4 is 17.6 Å². The predicted octanol–water partition coefficient (Wildman–Crippen LogP) is 5.17. The van der Waals surface area contributed by atoms with Gasteiger partial charge in [0.15, 0.2) is 6.29 Å². The van der Waals surface area contributed by atoms with Gasteiger partial charge in [0.2, 0.25) is 0 Å². The lowest BCUT2D eigenvalue weighted by Crippen LogP contribution is -1.81. The molecule has 0 amide bonds. The summed E-state index contributed by atoms with van der Waals surface area (Å²) >= 11 is 1.33. The van der Waals surface area contributed by atoms with Gasteiger partial charge in [0.05, 0.1) is 4.88 Å². The molecule has 3 rings (SSSR count). The van der Waals surface area contributed by atoms with Crippen LogP contribution in [-0.2, 0) is 0 Å². The molecule has 1 nitrogen and oxygen atoms in total. The number of rotatable bonds is 3. The third kappa shape index (κ3) is 2.76. The van der Waals surface area contributed by atoms with Gasteiger partial charge >= 0.3 is 0 Å². The van der Waals surface area contributed by atoms with Crippen LogP contribution in [0.3, 0.4) is 0 Å². The zero-order valence-electron chi connectivity index (χ0n) is 10.8. The van der Waals surface area contributed by atoms with Crippen LogP contribution in [0.15, 0.2) is 54.6 Å². The molecule has 1 heterocycles. The molecule has 0 aliphatic heterocycles. The van der Waals surface area contributed by atoms with Crippen LogP contribution >= 0.6 is 11.3 Å². The first-order valence-electron chi connectivity index (χ1n) is 6.28. The van der Waals surface area contributed by atoms with E-state index in [2.05, 4.69) is 0 Å². The smallest absolute Gasteiger partial charge is 0.160 e. The second kappa shape index (κ2) is 5.58. The Morgan fingerprint density at radius 1 is 0.810 bits per heavy atom. The van der Waals surface area contributed by atoms with Crippen LogP contribution in [0.25, 0.3) is 21.6 Å². The van der Waals surface area contributed by atoms with Crippen molar-refractivity contribution in [3.8, 4) is 21.6 Å². The van der Waals surface area contributed by atoms with Crippen molar-refractivity contribution in [2.75, 3.05) is 0 Å². The summed E-state index contributed by atoms with van der Waals surface area (Å²) in [6.07, 6.45) is 0.782. The molecule has 0 bridgehead atoms. The molecule has 0 spiro atoms. The van der Waals surface area contributed by atoms with Crippen LogP contribution < -0.4 is 0 Å². The van der Waals surface area contributed by atoms with Crippen molar-refractivity contribution in [3.05, 3.63) is 71.1 Å². The number of halogens is 2. The molecular weight excluding hydrogens is 290 g/mol. The van der Waals surface area contributed by atoms with Crippen LogP contribution in [0.2, 0.25) is 0 Å². The fourth-order valence-corrected chi connectivity index (χ4v) is 3.13. The number of thiophene rings is 1. The van der Waals surface area contributed by atoms with Gasteiger partial charge in [-0.15, -0.1) is 11.3 Å². The number of aldehydes is 1. The zero-order chi connectivity index (χ0) is 14.8. The van der Waals surface area contributed by atoms with Crippen molar-refractivity contribution < 1.29 is 13.6 Å². The normalized spacial score (nSPS) is 10.6. The molecule has 0 radical (unpaired) electrons. The molecule has 0 atom stereocenters. The first-order valence-corrected chi connectivity index (χ1v) is 7.10. The minimum atomic E-state index is -0.312. The van der Waals surface area contributed by atoms with E-state index in [1.807, 2.05) is 0 Å². The summed E-state index contributed by atoms with van der Waals surface area (Å²) in [6.45, 7) is 0. The summed E-state index contributed by atoms with van der Waals surface area (Å²) in [5.74, 6) is -0.623. The van der Waals surface area contributed by atoms with Gasteiger partial charge in [-0.1, -0.05) is 24.3 Å². The van der Waals surface area contributed by atoms with Crippen molar-refractivity contribution in [2.24, 2.45) is 0 Å². The van der Waals surface area contributed by atoms with E-state index >= 15 is 0 Å². The van der Waals surface area contributed by atoms with Gasteiger partial charge in [0.1, 0.15) is 11.6 Å².